The van der Waals surface area contributed by atoms with Gasteiger partial charge < -0.3 is 9.80 Å². The average Bonchev–Trinajstić information content (AvgIpc) is 2.84. The number of likely N-dealkylation sites (N-methyl/N-ethyl adjacent to an activating group) is 1. The predicted molar refractivity (Wildman–Crippen MR) is 102 cm³/mol. The first kappa shape index (κ1) is 19.2. The molecule has 23 heavy (non-hydrogen) atoms. The third kappa shape index (κ3) is 6.05. The number of nitrogens with zero attached hydrogens (tertiary/aromatic N) is 2. The van der Waals surface area contributed by atoms with E-state index in [2.05, 4.69) is 58.4 Å². The number of likely N-dealkylation sites (tertiary alicyclic amines) is 1. The van der Waals surface area contributed by atoms with Crippen molar-refractivity contribution in [2.24, 2.45) is 22.7 Å². The van der Waals surface area contributed by atoms with Crippen molar-refractivity contribution in [1.29, 1.82) is 0 Å². The second-order valence-electron chi connectivity index (χ2n) is 10.8. The molecule has 1 aliphatic heterocycles. The molecule has 0 N–H and O–H groups in total. The van der Waals surface area contributed by atoms with Gasteiger partial charge in [-0.3, -0.25) is 0 Å². The monoisotopic (exact) mass is 322 g/mol. The third-order valence-corrected chi connectivity index (χ3v) is 6.19. The van der Waals surface area contributed by atoms with Crippen LogP contribution in [0.15, 0.2) is 0 Å². The summed E-state index contributed by atoms with van der Waals surface area (Å²) in [6.07, 6.45) is 7.16. The fourth-order valence-electron chi connectivity index (χ4n) is 4.75. The fraction of sp³-hybridized carbons (Fsp3) is 1.00. The Hall–Kier alpha value is -0.0800. The van der Waals surface area contributed by atoms with Crippen LogP contribution in [0.25, 0.3) is 0 Å². The van der Waals surface area contributed by atoms with Gasteiger partial charge in [0.1, 0.15) is 0 Å². The first-order valence-corrected chi connectivity index (χ1v) is 9.97. The zero-order valence-corrected chi connectivity index (χ0v) is 17.0. The zero-order chi connectivity index (χ0) is 17.3. The lowest BCUT2D eigenvalue weighted by molar-refractivity contribution is 0.117. The summed E-state index contributed by atoms with van der Waals surface area (Å²) in [4.78, 5) is 5.36. The molecule has 0 bridgehead atoms. The molecular formula is C21H42N2. The molecule has 2 rings (SSSR count). The van der Waals surface area contributed by atoms with Gasteiger partial charge in [0.15, 0.2) is 0 Å². The van der Waals surface area contributed by atoms with Crippen molar-refractivity contribution in [3.8, 4) is 0 Å². The third-order valence-electron chi connectivity index (χ3n) is 6.19. The highest BCUT2D eigenvalue weighted by atomic mass is 15.2. The molecule has 2 heteroatoms. The van der Waals surface area contributed by atoms with Crippen LogP contribution in [0.2, 0.25) is 0 Å². The van der Waals surface area contributed by atoms with Crippen LogP contribution in [-0.2, 0) is 0 Å². The van der Waals surface area contributed by atoms with Crippen LogP contribution >= 0.6 is 0 Å². The van der Waals surface area contributed by atoms with Gasteiger partial charge in [0.05, 0.1) is 0 Å². The molecule has 1 aliphatic carbocycles. The molecule has 1 atom stereocenters. The van der Waals surface area contributed by atoms with Crippen LogP contribution in [0.1, 0.15) is 73.6 Å². The Morgan fingerprint density at radius 2 is 1.52 bits per heavy atom. The van der Waals surface area contributed by atoms with Gasteiger partial charge in [-0.2, -0.15) is 0 Å². The maximum Gasteiger partial charge on any atom is 0.0232 e. The van der Waals surface area contributed by atoms with E-state index in [-0.39, 0.29) is 0 Å². The van der Waals surface area contributed by atoms with Gasteiger partial charge in [-0.15, -0.1) is 0 Å². The van der Waals surface area contributed by atoms with Crippen molar-refractivity contribution in [3.63, 3.8) is 0 Å². The molecule has 0 spiro atoms. The van der Waals surface area contributed by atoms with Crippen LogP contribution in [0.3, 0.4) is 0 Å². The summed E-state index contributed by atoms with van der Waals surface area (Å²) in [6, 6.07) is 0.790. The largest absolute Gasteiger partial charge is 0.302 e. The Kier molecular flexibility index (Phi) is 6.22. The van der Waals surface area contributed by atoms with Crippen molar-refractivity contribution >= 4 is 0 Å². The number of rotatable bonds is 4. The highest BCUT2D eigenvalue weighted by Gasteiger charge is 2.32. The normalized spacial score (nSPS) is 31.0. The van der Waals surface area contributed by atoms with Gasteiger partial charge in [0.2, 0.25) is 0 Å². The molecular weight excluding hydrogens is 280 g/mol. The molecule has 2 aliphatic rings. The first-order valence-electron chi connectivity index (χ1n) is 9.97. The molecule has 2 nitrogen and oxygen atoms in total. The summed E-state index contributed by atoms with van der Waals surface area (Å²) in [5.74, 6) is 1.88. The van der Waals surface area contributed by atoms with Crippen molar-refractivity contribution < 1.29 is 0 Å². The lowest BCUT2D eigenvalue weighted by Crippen LogP contribution is -2.40. The van der Waals surface area contributed by atoms with Crippen LogP contribution in [0.4, 0.5) is 0 Å². The molecule has 0 amide bonds. The molecule has 1 saturated carbocycles. The van der Waals surface area contributed by atoms with Crippen LogP contribution in [0, 0.1) is 22.7 Å². The van der Waals surface area contributed by atoms with Gasteiger partial charge in [-0.25, -0.2) is 0 Å². The molecule has 2 fully saturated rings. The van der Waals surface area contributed by atoms with Crippen molar-refractivity contribution in [3.05, 3.63) is 0 Å². The smallest absolute Gasteiger partial charge is 0.0232 e. The van der Waals surface area contributed by atoms with E-state index in [4.69, 9.17) is 0 Å². The first-order chi connectivity index (χ1) is 10.5. The van der Waals surface area contributed by atoms with E-state index in [1.165, 1.54) is 58.3 Å². The standard InChI is InChI=1S/C21H42N2/c1-20(2,3)16-23-13-12-19(15-23)22(7)14-17-8-10-18(11-9-17)21(4,5)6/h17-19H,8-16H2,1-7H3. The van der Waals surface area contributed by atoms with Gasteiger partial charge in [-0.05, 0) is 68.4 Å². The summed E-state index contributed by atoms with van der Waals surface area (Å²) in [5.41, 5.74) is 0.939. The van der Waals surface area contributed by atoms with Crippen LogP contribution < -0.4 is 0 Å². The van der Waals surface area contributed by atoms with Crippen LogP contribution in [0.5, 0.6) is 0 Å². The highest BCUT2D eigenvalue weighted by molar-refractivity contribution is 4.87. The highest BCUT2D eigenvalue weighted by Crippen LogP contribution is 2.40. The Labute approximate surface area is 146 Å². The SMILES string of the molecule is CN(CC1CCC(C(C)(C)C)CC1)C1CCN(CC(C)(C)C)C1. The maximum absolute atomic E-state index is 2.69. The molecule has 1 heterocycles. The number of hydrogen-bond donors (Lipinski definition) is 0. The minimum Gasteiger partial charge on any atom is -0.302 e. The van der Waals surface area contributed by atoms with E-state index >= 15 is 0 Å². The van der Waals surface area contributed by atoms with Gasteiger partial charge in [0.25, 0.3) is 0 Å². The molecule has 1 saturated heterocycles. The van der Waals surface area contributed by atoms with E-state index in [0.717, 1.165) is 17.9 Å². The Morgan fingerprint density at radius 3 is 2.04 bits per heavy atom. The average molecular weight is 323 g/mol. The molecule has 0 aromatic heterocycles. The van der Waals surface area contributed by atoms with E-state index in [1.54, 1.807) is 0 Å². The molecule has 0 radical (unpaired) electrons. The van der Waals surface area contributed by atoms with Gasteiger partial charge in [0, 0.05) is 25.7 Å². The summed E-state index contributed by atoms with van der Waals surface area (Å²) in [6.45, 7) is 19.5. The molecule has 0 aromatic rings. The quantitative estimate of drug-likeness (QED) is 0.727. The van der Waals surface area contributed by atoms with E-state index in [1.807, 2.05) is 0 Å². The van der Waals surface area contributed by atoms with Gasteiger partial charge in [-0.1, -0.05) is 41.5 Å². The second kappa shape index (κ2) is 7.44. The second-order valence-corrected chi connectivity index (χ2v) is 10.8. The topological polar surface area (TPSA) is 6.48 Å². The van der Waals surface area contributed by atoms with Gasteiger partial charge >= 0.3 is 0 Å². The molecule has 136 valence electrons. The number of hydrogen-bond acceptors (Lipinski definition) is 2. The van der Waals surface area contributed by atoms with E-state index in [0.29, 0.717) is 10.8 Å². The zero-order valence-electron chi connectivity index (χ0n) is 17.0. The van der Waals surface area contributed by atoms with E-state index < -0.39 is 0 Å². The summed E-state index contributed by atoms with van der Waals surface area (Å²) < 4.78 is 0. The summed E-state index contributed by atoms with van der Waals surface area (Å²) in [5, 5.41) is 0. The fourth-order valence-corrected chi connectivity index (χ4v) is 4.75. The Balaban J connectivity index is 1.73. The predicted octanol–water partition coefficient (Wildman–Crippen LogP) is 4.89. The summed E-state index contributed by atoms with van der Waals surface area (Å²) in [7, 11) is 2.38. The van der Waals surface area contributed by atoms with Crippen LogP contribution in [-0.4, -0.2) is 49.1 Å². The Morgan fingerprint density at radius 1 is 0.913 bits per heavy atom. The minimum absolute atomic E-state index is 0.429. The van der Waals surface area contributed by atoms with Crippen molar-refractivity contribution in [2.45, 2.75) is 79.7 Å². The minimum atomic E-state index is 0.429. The van der Waals surface area contributed by atoms with Crippen molar-refractivity contribution in [1.82, 2.24) is 9.80 Å². The maximum atomic E-state index is 2.69. The summed E-state index contributed by atoms with van der Waals surface area (Å²) >= 11 is 0. The lowest BCUT2D eigenvalue weighted by Gasteiger charge is -2.38. The lowest BCUT2D eigenvalue weighted by atomic mass is 9.70. The van der Waals surface area contributed by atoms with E-state index in [9.17, 15) is 0 Å². The Bertz CT molecular complexity index is 355. The molecule has 0 aromatic carbocycles. The molecule has 1 unspecified atom stereocenters. The van der Waals surface area contributed by atoms with Crippen molar-refractivity contribution in [2.75, 3.05) is 33.2 Å².